The molecule has 3 aromatic carbocycles. The molecule has 0 saturated carbocycles. The summed E-state index contributed by atoms with van der Waals surface area (Å²) in [5.41, 5.74) is 2.89. The molecule has 0 heterocycles. The minimum atomic E-state index is -0.993. The number of carbonyl (C=O) groups is 2. The number of amides is 1. The van der Waals surface area contributed by atoms with Crippen molar-refractivity contribution in [2.45, 2.75) is 58.7 Å². The van der Waals surface area contributed by atoms with Crippen molar-refractivity contribution in [2.75, 3.05) is 32.9 Å². The van der Waals surface area contributed by atoms with Crippen LogP contribution in [0.2, 0.25) is 10.0 Å². The molecule has 0 bridgehead atoms. The highest BCUT2D eigenvalue weighted by Crippen LogP contribution is 2.21. The zero-order valence-electron chi connectivity index (χ0n) is 25.5. The number of ether oxygens (including phenoxy) is 4. The van der Waals surface area contributed by atoms with Crippen molar-refractivity contribution in [1.29, 1.82) is 0 Å². The molecule has 1 atom stereocenters. The number of unbranched alkanes of at least 4 members (excludes halogenated alkanes) is 1. The normalized spacial score (nSPS) is 11.8. The van der Waals surface area contributed by atoms with E-state index in [-0.39, 0.29) is 13.0 Å². The SMILES string of the molecule is CCOC(Cc1ccc(OCCN(CCCCOCc2cc(Cl)cc(Cl)c2)C(=O)Oc2ccc(C(C)C)cc2)cc1)C(=O)O. The molecule has 44 heavy (non-hydrogen) atoms. The van der Waals surface area contributed by atoms with Gasteiger partial charge < -0.3 is 29.0 Å². The molecule has 0 fully saturated rings. The molecule has 0 aromatic heterocycles. The number of halogens is 2. The quantitative estimate of drug-likeness (QED) is 0.140. The van der Waals surface area contributed by atoms with E-state index in [2.05, 4.69) is 13.8 Å². The van der Waals surface area contributed by atoms with Gasteiger partial charge in [-0.2, -0.15) is 0 Å². The average molecular weight is 647 g/mol. The van der Waals surface area contributed by atoms with Crippen LogP contribution in [0.3, 0.4) is 0 Å². The fourth-order valence-corrected chi connectivity index (χ4v) is 4.97. The first-order chi connectivity index (χ1) is 21.1. The van der Waals surface area contributed by atoms with Gasteiger partial charge in [0, 0.05) is 36.2 Å². The van der Waals surface area contributed by atoms with Gasteiger partial charge in [-0.25, -0.2) is 9.59 Å². The summed E-state index contributed by atoms with van der Waals surface area (Å²) >= 11 is 12.1. The van der Waals surface area contributed by atoms with E-state index in [1.807, 2.05) is 36.4 Å². The standard InChI is InChI=1S/C34H41Cl2NO7/c1-4-42-32(33(38)39)21-25-7-11-30(12-8-25)43-18-16-37(34(40)44-31-13-9-27(10-14-31)24(2)3)15-5-6-17-41-23-26-19-28(35)22-29(36)20-26/h7-14,19-20,22,24,32H,4-6,15-18,21,23H2,1-3H3,(H,38,39). The lowest BCUT2D eigenvalue weighted by Crippen LogP contribution is -2.37. The predicted octanol–water partition coefficient (Wildman–Crippen LogP) is 8.03. The van der Waals surface area contributed by atoms with Gasteiger partial charge >= 0.3 is 12.1 Å². The van der Waals surface area contributed by atoms with E-state index in [1.54, 1.807) is 42.2 Å². The summed E-state index contributed by atoms with van der Waals surface area (Å²) in [6, 6.07) is 20.0. The molecule has 0 aliphatic rings. The van der Waals surface area contributed by atoms with Crippen molar-refractivity contribution in [1.82, 2.24) is 4.90 Å². The van der Waals surface area contributed by atoms with Gasteiger partial charge in [-0.15, -0.1) is 0 Å². The molecule has 1 amide bonds. The second kappa shape index (κ2) is 18.5. The number of carboxylic acid groups (broad SMARTS) is 1. The summed E-state index contributed by atoms with van der Waals surface area (Å²) in [4.78, 5) is 26.1. The number of nitrogens with zero attached hydrogens (tertiary/aromatic N) is 1. The van der Waals surface area contributed by atoms with Crippen LogP contribution in [0.15, 0.2) is 66.7 Å². The maximum absolute atomic E-state index is 13.1. The van der Waals surface area contributed by atoms with E-state index >= 15 is 0 Å². The fraction of sp³-hybridized carbons (Fsp3) is 0.412. The summed E-state index contributed by atoms with van der Waals surface area (Å²) < 4.78 is 22.7. The Morgan fingerprint density at radius 2 is 1.50 bits per heavy atom. The minimum Gasteiger partial charge on any atom is -0.492 e. The van der Waals surface area contributed by atoms with Crippen LogP contribution < -0.4 is 9.47 Å². The number of hydrogen-bond acceptors (Lipinski definition) is 6. The Bertz CT molecular complexity index is 1300. The van der Waals surface area contributed by atoms with Crippen LogP contribution >= 0.6 is 23.2 Å². The molecule has 8 nitrogen and oxygen atoms in total. The van der Waals surface area contributed by atoms with Crippen molar-refractivity contribution in [3.8, 4) is 11.5 Å². The number of carboxylic acids is 1. The molecule has 1 unspecified atom stereocenters. The minimum absolute atomic E-state index is 0.253. The van der Waals surface area contributed by atoms with E-state index in [0.29, 0.717) is 66.8 Å². The smallest absolute Gasteiger partial charge is 0.415 e. The number of benzene rings is 3. The van der Waals surface area contributed by atoms with Crippen LogP contribution in [0.25, 0.3) is 0 Å². The van der Waals surface area contributed by atoms with E-state index in [1.165, 1.54) is 0 Å². The third-order valence-corrected chi connectivity index (χ3v) is 7.22. The van der Waals surface area contributed by atoms with Gasteiger partial charge in [0.05, 0.1) is 13.2 Å². The third-order valence-electron chi connectivity index (χ3n) is 6.79. The highest BCUT2D eigenvalue weighted by atomic mass is 35.5. The van der Waals surface area contributed by atoms with E-state index < -0.39 is 18.2 Å². The lowest BCUT2D eigenvalue weighted by Gasteiger charge is -2.22. The van der Waals surface area contributed by atoms with Crippen LogP contribution in [0, 0.1) is 0 Å². The lowest BCUT2D eigenvalue weighted by atomic mass is 10.0. The number of carbonyl (C=O) groups excluding carboxylic acids is 1. The van der Waals surface area contributed by atoms with Gasteiger partial charge in [-0.3, -0.25) is 0 Å². The molecule has 238 valence electrons. The summed E-state index contributed by atoms with van der Waals surface area (Å²) in [6.45, 7) is 8.25. The Morgan fingerprint density at radius 1 is 0.841 bits per heavy atom. The number of aliphatic carboxylic acids is 1. The highest BCUT2D eigenvalue weighted by Gasteiger charge is 2.19. The Kier molecular flexibility index (Phi) is 14.8. The second-order valence-corrected chi connectivity index (χ2v) is 11.5. The van der Waals surface area contributed by atoms with Crippen molar-refractivity contribution in [3.05, 3.63) is 93.5 Å². The maximum atomic E-state index is 13.1. The first-order valence-corrected chi connectivity index (χ1v) is 15.6. The van der Waals surface area contributed by atoms with Gasteiger partial charge in [0.15, 0.2) is 6.10 Å². The monoisotopic (exact) mass is 645 g/mol. The summed E-state index contributed by atoms with van der Waals surface area (Å²) in [5, 5.41) is 10.5. The van der Waals surface area contributed by atoms with Crippen molar-refractivity contribution in [3.63, 3.8) is 0 Å². The van der Waals surface area contributed by atoms with Crippen LogP contribution in [-0.4, -0.2) is 61.1 Å². The second-order valence-electron chi connectivity index (χ2n) is 10.6. The van der Waals surface area contributed by atoms with Crippen LogP contribution in [0.1, 0.15) is 56.2 Å². The number of hydrogen-bond donors (Lipinski definition) is 1. The molecule has 0 spiro atoms. The largest absolute Gasteiger partial charge is 0.492 e. The van der Waals surface area contributed by atoms with Crippen molar-refractivity contribution in [2.24, 2.45) is 0 Å². The van der Waals surface area contributed by atoms with Crippen LogP contribution in [0.4, 0.5) is 4.79 Å². The molecule has 3 rings (SSSR count). The summed E-state index contributed by atoms with van der Waals surface area (Å²) in [5.74, 6) is 0.483. The van der Waals surface area contributed by atoms with Gasteiger partial charge in [0.25, 0.3) is 0 Å². The Morgan fingerprint density at radius 3 is 2.11 bits per heavy atom. The Hall–Kier alpha value is -3.30. The maximum Gasteiger partial charge on any atom is 0.415 e. The molecular weight excluding hydrogens is 605 g/mol. The molecule has 3 aromatic rings. The Labute approximate surface area is 269 Å². The molecule has 0 aliphatic carbocycles. The molecule has 0 aliphatic heterocycles. The molecule has 0 radical (unpaired) electrons. The van der Waals surface area contributed by atoms with Crippen molar-refractivity contribution < 1.29 is 33.6 Å². The highest BCUT2D eigenvalue weighted by molar-refractivity contribution is 6.34. The van der Waals surface area contributed by atoms with E-state index in [4.69, 9.17) is 42.1 Å². The third kappa shape index (κ3) is 12.4. The topological polar surface area (TPSA) is 94.5 Å². The van der Waals surface area contributed by atoms with Gasteiger partial charge in [0.2, 0.25) is 0 Å². The number of rotatable bonds is 18. The van der Waals surface area contributed by atoms with Gasteiger partial charge in [0.1, 0.15) is 18.1 Å². The molecule has 1 N–H and O–H groups in total. The Balaban J connectivity index is 1.52. The van der Waals surface area contributed by atoms with Crippen LogP contribution in [0.5, 0.6) is 11.5 Å². The first-order valence-electron chi connectivity index (χ1n) is 14.8. The predicted molar refractivity (Wildman–Crippen MR) is 172 cm³/mol. The van der Waals surface area contributed by atoms with Crippen molar-refractivity contribution >= 4 is 35.3 Å². The van der Waals surface area contributed by atoms with Gasteiger partial charge in [-0.05, 0) is 84.8 Å². The average Bonchev–Trinajstić information content (AvgIpc) is 2.98. The van der Waals surface area contributed by atoms with Gasteiger partial charge in [-0.1, -0.05) is 61.3 Å². The first kappa shape index (κ1) is 35.2. The van der Waals surface area contributed by atoms with Crippen LogP contribution in [-0.2, 0) is 27.3 Å². The summed E-state index contributed by atoms with van der Waals surface area (Å²) in [6.07, 6.45) is 0.358. The van der Waals surface area contributed by atoms with E-state index in [0.717, 1.165) is 23.1 Å². The summed E-state index contributed by atoms with van der Waals surface area (Å²) in [7, 11) is 0. The van der Waals surface area contributed by atoms with E-state index in [9.17, 15) is 14.7 Å². The molecular formula is C34H41Cl2NO7. The molecule has 0 saturated heterocycles. The molecule has 10 heteroatoms. The lowest BCUT2D eigenvalue weighted by molar-refractivity contribution is -0.149. The zero-order chi connectivity index (χ0) is 31.9. The fourth-order valence-electron chi connectivity index (χ4n) is 4.40. The zero-order valence-corrected chi connectivity index (χ0v) is 27.0.